The molecule has 0 aromatic rings. The summed E-state index contributed by atoms with van der Waals surface area (Å²) in [6, 6.07) is 0. The molecule has 0 aliphatic carbocycles. The first-order valence-corrected chi connectivity index (χ1v) is 34.2. The van der Waals surface area contributed by atoms with E-state index in [0.29, 0.717) is 19.3 Å². The van der Waals surface area contributed by atoms with Crippen LogP contribution in [0, 0.1) is 0 Å². The number of hydrogen-bond acceptors (Lipinski definition) is 6. The summed E-state index contributed by atoms with van der Waals surface area (Å²) in [6.07, 6.45) is 97.7. The highest BCUT2D eigenvalue weighted by atomic mass is 16.6. The fraction of sp³-hybridized carbons (Fsp3) is 0.671. The Labute approximate surface area is 506 Å². The maximum absolute atomic E-state index is 12.9. The van der Waals surface area contributed by atoms with Gasteiger partial charge in [0.15, 0.2) is 6.10 Å². The van der Waals surface area contributed by atoms with E-state index >= 15 is 0 Å². The first-order valence-electron chi connectivity index (χ1n) is 34.2. The fourth-order valence-corrected chi connectivity index (χ4v) is 9.29. The van der Waals surface area contributed by atoms with Gasteiger partial charge in [0.25, 0.3) is 0 Å². The normalized spacial score (nSPS) is 13.0. The Balaban J connectivity index is 4.23. The molecule has 0 aliphatic rings. The van der Waals surface area contributed by atoms with Crippen molar-refractivity contribution in [3.8, 4) is 0 Å². The van der Waals surface area contributed by atoms with E-state index in [4.69, 9.17) is 14.2 Å². The van der Waals surface area contributed by atoms with Crippen molar-refractivity contribution in [2.24, 2.45) is 0 Å². The van der Waals surface area contributed by atoms with Crippen molar-refractivity contribution in [2.75, 3.05) is 13.2 Å². The van der Waals surface area contributed by atoms with Crippen molar-refractivity contribution < 1.29 is 28.6 Å². The first kappa shape index (κ1) is 77.5. The zero-order valence-corrected chi connectivity index (χ0v) is 53.5. The molecule has 0 saturated carbocycles. The zero-order valence-electron chi connectivity index (χ0n) is 53.5. The van der Waals surface area contributed by atoms with Crippen LogP contribution in [-0.2, 0) is 28.6 Å². The van der Waals surface area contributed by atoms with Crippen LogP contribution in [0.1, 0.15) is 310 Å². The molecule has 0 fully saturated rings. The van der Waals surface area contributed by atoms with Gasteiger partial charge in [0.05, 0.1) is 0 Å². The molecule has 82 heavy (non-hydrogen) atoms. The van der Waals surface area contributed by atoms with E-state index in [0.717, 1.165) is 135 Å². The molecule has 0 radical (unpaired) electrons. The Hall–Kier alpha value is -4.45. The summed E-state index contributed by atoms with van der Waals surface area (Å²) in [5.41, 5.74) is 0. The minimum absolute atomic E-state index is 0.0855. The van der Waals surface area contributed by atoms with Gasteiger partial charge in [0.2, 0.25) is 0 Å². The number of esters is 3. The third-order valence-electron chi connectivity index (χ3n) is 14.4. The van der Waals surface area contributed by atoms with Crippen molar-refractivity contribution in [1.82, 2.24) is 0 Å². The Bertz CT molecular complexity index is 1730. The van der Waals surface area contributed by atoms with Gasteiger partial charge in [-0.2, -0.15) is 0 Å². The number of ether oxygens (including phenoxy) is 3. The molecule has 0 N–H and O–H groups in total. The number of allylic oxidation sites excluding steroid dienone is 22. The van der Waals surface area contributed by atoms with Gasteiger partial charge in [-0.3, -0.25) is 14.4 Å². The minimum Gasteiger partial charge on any atom is -0.462 e. The maximum atomic E-state index is 12.9. The Kier molecular flexibility index (Phi) is 65.3. The second-order valence-electron chi connectivity index (χ2n) is 22.4. The number of carbonyl (C=O) groups is 3. The molecule has 0 rings (SSSR count). The molecule has 0 heterocycles. The summed E-state index contributed by atoms with van der Waals surface area (Å²) in [5.74, 6) is -0.905. The van der Waals surface area contributed by atoms with E-state index in [-0.39, 0.29) is 31.1 Å². The SMILES string of the molecule is CC/C=C\C/C=C\C/C=C\C/C=C\C/C=C\C/C=C\C/C=C\C/C=C\CCCCCCCCC(=O)OCC(COC(=O)CCCCCCCCCC)OC(=O)CCCCCCCCCCCC/C=C\C/C=C\C/C=C\CCCCCCC. The molecule has 466 valence electrons. The molecule has 1 unspecified atom stereocenters. The third kappa shape index (κ3) is 66.4. The smallest absolute Gasteiger partial charge is 0.306 e. The number of hydrogen-bond donors (Lipinski definition) is 0. The van der Waals surface area contributed by atoms with Gasteiger partial charge in [-0.25, -0.2) is 0 Å². The van der Waals surface area contributed by atoms with Gasteiger partial charge in [-0.1, -0.05) is 302 Å². The predicted octanol–water partition coefficient (Wildman–Crippen LogP) is 23.7. The summed E-state index contributed by atoms with van der Waals surface area (Å²) in [6.45, 7) is 6.48. The molecule has 0 amide bonds. The topological polar surface area (TPSA) is 78.9 Å². The van der Waals surface area contributed by atoms with Crippen molar-refractivity contribution in [3.05, 3.63) is 134 Å². The van der Waals surface area contributed by atoms with Gasteiger partial charge in [0, 0.05) is 19.3 Å². The summed E-state index contributed by atoms with van der Waals surface area (Å²) >= 11 is 0. The highest BCUT2D eigenvalue weighted by molar-refractivity contribution is 5.71. The molecular formula is C76H126O6. The van der Waals surface area contributed by atoms with Crippen molar-refractivity contribution in [2.45, 2.75) is 316 Å². The van der Waals surface area contributed by atoms with Crippen molar-refractivity contribution in [1.29, 1.82) is 0 Å². The van der Waals surface area contributed by atoms with Crippen molar-refractivity contribution in [3.63, 3.8) is 0 Å². The molecule has 0 aromatic carbocycles. The Morgan fingerprint density at radius 1 is 0.256 bits per heavy atom. The van der Waals surface area contributed by atoms with E-state index in [1.165, 1.54) is 135 Å². The second-order valence-corrected chi connectivity index (χ2v) is 22.4. The number of rotatable bonds is 61. The summed E-state index contributed by atoms with van der Waals surface area (Å²) in [7, 11) is 0. The van der Waals surface area contributed by atoms with Crippen LogP contribution in [0.3, 0.4) is 0 Å². The molecule has 1 atom stereocenters. The molecule has 6 heteroatoms. The van der Waals surface area contributed by atoms with E-state index in [1.807, 2.05) is 0 Å². The Morgan fingerprint density at radius 2 is 0.476 bits per heavy atom. The number of unbranched alkanes of at least 4 members (excludes halogenated alkanes) is 28. The first-order chi connectivity index (χ1) is 40.5. The lowest BCUT2D eigenvalue weighted by molar-refractivity contribution is -0.167. The van der Waals surface area contributed by atoms with E-state index in [1.54, 1.807) is 0 Å². The third-order valence-corrected chi connectivity index (χ3v) is 14.4. The summed E-state index contributed by atoms with van der Waals surface area (Å²) in [5, 5.41) is 0. The largest absolute Gasteiger partial charge is 0.462 e. The van der Waals surface area contributed by atoms with E-state index in [9.17, 15) is 14.4 Å². The van der Waals surface area contributed by atoms with Crippen LogP contribution in [-0.4, -0.2) is 37.2 Å². The summed E-state index contributed by atoms with van der Waals surface area (Å²) < 4.78 is 16.9. The van der Waals surface area contributed by atoms with Gasteiger partial charge in [-0.15, -0.1) is 0 Å². The Morgan fingerprint density at radius 3 is 0.744 bits per heavy atom. The molecule has 0 aliphatic heterocycles. The van der Waals surface area contributed by atoms with E-state index < -0.39 is 6.10 Å². The van der Waals surface area contributed by atoms with Gasteiger partial charge in [-0.05, 0) is 122 Å². The van der Waals surface area contributed by atoms with Crippen LogP contribution in [0.25, 0.3) is 0 Å². The molecule has 6 nitrogen and oxygen atoms in total. The second kappa shape index (κ2) is 69.0. The van der Waals surface area contributed by atoms with Crippen molar-refractivity contribution >= 4 is 17.9 Å². The predicted molar refractivity (Wildman–Crippen MR) is 357 cm³/mol. The number of carbonyl (C=O) groups excluding carboxylic acids is 3. The zero-order chi connectivity index (χ0) is 59.2. The lowest BCUT2D eigenvalue weighted by Gasteiger charge is -2.18. The molecular weight excluding hydrogens is 1010 g/mol. The van der Waals surface area contributed by atoms with Crippen LogP contribution < -0.4 is 0 Å². The lowest BCUT2D eigenvalue weighted by atomic mass is 10.0. The average molecular weight is 1140 g/mol. The fourth-order valence-electron chi connectivity index (χ4n) is 9.29. The minimum atomic E-state index is -0.789. The molecule has 0 aromatic heterocycles. The van der Waals surface area contributed by atoms with E-state index in [2.05, 4.69) is 154 Å². The highest BCUT2D eigenvalue weighted by Crippen LogP contribution is 2.16. The van der Waals surface area contributed by atoms with Crippen LogP contribution >= 0.6 is 0 Å². The van der Waals surface area contributed by atoms with Crippen LogP contribution in [0.4, 0.5) is 0 Å². The monoisotopic (exact) mass is 1130 g/mol. The van der Waals surface area contributed by atoms with Crippen LogP contribution in [0.5, 0.6) is 0 Å². The van der Waals surface area contributed by atoms with Gasteiger partial charge < -0.3 is 14.2 Å². The highest BCUT2D eigenvalue weighted by Gasteiger charge is 2.19. The average Bonchev–Trinajstić information content (AvgIpc) is 3.47. The lowest BCUT2D eigenvalue weighted by Crippen LogP contribution is -2.30. The van der Waals surface area contributed by atoms with Gasteiger partial charge in [0.1, 0.15) is 13.2 Å². The molecule has 0 saturated heterocycles. The standard InChI is InChI=1S/C76H126O6/c1-4-7-10-13-16-19-21-23-25-27-29-31-33-35-36-37-38-39-40-42-43-45-47-49-51-53-55-57-60-63-66-69-75(78)81-72-73(71-80-74(77)68-65-62-59-18-15-12-9-6-3)82-76(79)70-67-64-61-58-56-54-52-50-48-46-44-41-34-32-30-28-26-24-22-20-17-14-11-8-5-2/h7,10,16,19,22-25,28-31,34-36,38-39,41-43,47,49,73H,4-6,8-9,11-15,17-18,20-21,26-27,32-33,37,40,44-46,48,50-72H2,1-3H3/b10-7-,19-16-,24-22-,25-23-,30-28-,31-29-,36-35-,39-38-,41-34-,43-42-,49-47-. The van der Waals surface area contributed by atoms with Crippen LogP contribution in [0.2, 0.25) is 0 Å². The van der Waals surface area contributed by atoms with Crippen LogP contribution in [0.15, 0.2) is 134 Å². The quantitative estimate of drug-likeness (QED) is 0.0261. The molecule has 0 spiro atoms. The summed E-state index contributed by atoms with van der Waals surface area (Å²) in [4.78, 5) is 38.2. The maximum Gasteiger partial charge on any atom is 0.306 e. The van der Waals surface area contributed by atoms with Gasteiger partial charge >= 0.3 is 17.9 Å². The molecule has 0 bridgehead atoms.